The van der Waals surface area contributed by atoms with E-state index in [0.29, 0.717) is 41.1 Å². The molecule has 1 amide bonds. The predicted molar refractivity (Wildman–Crippen MR) is 124 cm³/mol. The Balaban J connectivity index is 1.43. The van der Waals surface area contributed by atoms with Crippen LogP contribution in [0.1, 0.15) is 5.56 Å². The Hall–Kier alpha value is -3.73. The fourth-order valence-electron chi connectivity index (χ4n) is 4.40. The number of nitrogen functional groups attached to an aromatic ring is 1. The Morgan fingerprint density at radius 3 is 2.88 bits per heavy atom. The number of ether oxygens (including phenoxy) is 2. The molecule has 4 heterocycles. The summed E-state index contributed by atoms with van der Waals surface area (Å²) in [5.74, 6) is 0.0534. The lowest BCUT2D eigenvalue weighted by molar-refractivity contribution is -0.0556. The molecule has 9 nitrogen and oxygen atoms in total. The first-order valence-electron chi connectivity index (χ1n) is 10.8. The van der Waals surface area contributed by atoms with E-state index in [4.69, 9.17) is 15.2 Å². The van der Waals surface area contributed by atoms with Crippen molar-refractivity contribution in [3.8, 4) is 17.0 Å². The molecule has 0 bridgehead atoms. The van der Waals surface area contributed by atoms with Gasteiger partial charge in [-0.25, -0.2) is 23.5 Å². The van der Waals surface area contributed by atoms with Crippen molar-refractivity contribution in [3.05, 3.63) is 35.9 Å². The van der Waals surface area contributed by atoms with Gasteiger partial charge in [0.15, 0.2) is 11.5 Å². The van der Waals surface area contributed by atoms with Gasteiger partial charge in [-0.15, -0.1) is 0 Å². The van der Waals surface area contributed by atoms with Gasteiger partial charge in [-0.3, -0.25) is 10.2 Å². The number of nitrogens with one attached hydrogen (secondary N) is 2. The molecule has 2 aliphatic heterocycles. The van der Waals surface area contributed by atoms with Crippen molar-refractivity contribution in [2.24, 2.45) is 0 Å². The molecule has 1 aromatic carbocycles. The predicted octanol–water partition coefficient (Wildman–Crippen LogP) is 3.33. The molecule has 3 aromatic rings. The maximum Gasteiger partial charge on any atom is 0.412 e. The van der Waals surface area contributed by atoms with Crippen molar-refractivity contribution in [2.75, 3.05) is 56.3 Å². The Morgan fingerprint density at radius 1 is 1.32 bits per heavy atom. The fraction of sp³-hybridized carbons (Fsp3) is 0.348. The number of likely N-dealkylation sites (tertiary alicyclic amines) is 1. The number of halogens is 2. The molecular formula is C23H24F2N6O3. The lowest BCUT2D eigenvalue weighted by atomic mass is 9.97. The summed E-state index contributed by atoms with van der Waals surface area (Å²) < 4.78 is 40.1. The number of hydrogen-bond donors (Lipinski definition) is 3. The summed E-state index contributed by atoms with van der Waals surface area (Å²) in [6.07, 6.45) is 2.10. The van der Waals surface area contributed by atoms with E-state index in [-0.39, 0.29) is 36.8 Å². The van der Waals surface area contributed by atoms with Crippen LogP contribution in [0.2, 0.25) is 0 Å². The first-order chi connectivity index (χ1) is 16.2. The molecule has 34 heavy (non-hydrogen) atoms. The first-order valence-corrected chi connectivity index (χ1v) is 10.8. The molecule has 178 valence electrons. The summed E-state index contributed by atoms with van der Waals surface area (Å²) in [4.78, 5) is 22.4. The third-order valence-corrected chi connectivity index (χ3v) is 6.03. The van der Waals surface area contributed by atoms with E-state index in [1.165, 1.54) is 6.20 Å². The lowest BCUT2D eigenvalue weighted by Crippen LogP contribution is -2.59. The highest BCUT2D eigenvalue weighted by Crippen LogP contribution is 2.39. The van der Waals surface area contributed by atoms with Crippen LogP contribution in [0.4, 0.5) is 30.8 Å². The third kappa shape index (κ3) is 3.92. The van der Waals surface area contributed by atoms with E-state index in [1.807, 2.05) is 6.92 Å². The zero-order chi connectivity index (χ0) is 24.0. The van der Waals surface area contributed by atoms with Crippen molar-refractivity contribution in [1.29, 1.82) is 0 Å². The van der Waals surface area contributed by atoms with Gasteiger partial charge in [0.25, 0.3) is 0 Å². The third-order valence-electron chi connectivity index (χ3n) is 6.03. The van der Waals surface area contributed by atoms with Crippen LogP contribution >= 0.6 is 0 Å². The second-order valence-electron chi connectivity index (χ2n) is 8.72. The monoisotopic (exact) mass is 470 g/mol. The van der Waals surface area contributed by atoms with Crippen LogP contribution in [0, 0.1) is 12.7 Å². The van der Waals surface area contributed by atoms with Gasteiger partial charge in [0, 0.05) is 48.5 Å². The van der Waals surface area contributed by atoms with Gasteiger partial charge in [0.05, 0.1) is 5.69 Å². The smallest absolute Gasteiger partial charge is 0.412 e. The van der Waals surface area contributed by atoms with Crippen LogP contribution in [-0.4, -0.2) is 66.5 Å². The zero-order valence-corrected chi connectivity index (χ0v) is 18.7. The Kier molecular flexibility index (Phi) is 5.35. The van der Waals surface area contributed by atoms with E-state index in [9.17, 15) is 9.18 Å². The number of fused-ring (bicyclic) bond motifs is 2. The molecule has 0 atom stereocenters. The molecule has 2 aliphatic rings. The number of anilines is 3. The second kappa shape index (κ2) is 8.24. The molecule has 5 rings (SSSR count). The minimum Gasteiger partial charge on any atom is -0.474 e. The standard InChI is InChI=1S/C23H24F2N6O3/c1-12-15(7-29-21-20(12)27-3-4-33-21)14-5-13-6-17(28-8-16(13)19(26)18(14)24)30-22(32)34-11-23(25)9-31(2)10-23/h5-8,27H,3-4,9-11,26H2,1-2H3,(H,28,30,32). The molecule has 0 spiro atoms. The number of hydrogen-bond acceptors (Lipinski definition) is 8. The molecule has 1 fully saturated rings. The minimum atomic E-state index is -1.54. The van der Waals surface area contributed by atoms with E-state index in [1.54, 1.807) is 30.3 Å². The van der Waals surface area contributed by atoms with E-state index in [2.05, 4.69) is 20.6 Å². The van der Waals surface area contributed by atoms with Crippen LogP contribution in [-0.2, 0) is 4.74 Å². The van der Waals surface area contributed by atoms with Crippen molar-refractivity contribution in [2.45, 2.75) is 12.6 Å². The largest absolute Gasteiger partial charge is 0.474 e. The normalized spacial score (nSPS) is 16.7. The SMILES string of the molecule is Cc1c(-c2cc3cc(NC(=O)OCC4(F)CN(C)C4)ncc3c(N)c2F)cnc2c1NCCO2. The van der Waals surface area contributed by atoms with Crippen LogP contribution in [0.15, 0.2) is 24.5 Å². The summed E-state index contributed by atoms with van der Waals surface area (Å²) in [7, 11) is 1.78. The summed E-state index contributed by atoms with van der Waals surface area (Å²) in [6.45, 7) is 3.05. The van der Waals surface area contributed by atoms with Gasteiger partial charge in [0.2, 0.25) is 5.88 Å². The van der Waals surface area contributed by atoms with Gasteiger partial charge in [-0.05, 0) is 37.1 Å². The first kappa shape index (κ1) is 22.1. The molecule has 4 N–H and O–H groups in total. The van der Waals surface area contributed by atoms with Crippen LogP contribution in [0.25, 0.3) is 21.9 Å². The molecule has 2 aromatic heterocycles. The number of nitrogens with two attached hydrogens (primary N) is 1. The van der Waals surface area contributed by atoms with Crippen molar-refractivity contribution in [1.82, 2.24) is 14.9 Å². The number of carbonyl (C=O) groups excluding carboxylic acids is 1. The Bertz CT molecular complexity index is 1300. The Morgan fingerprint density at radius 2 is 2.12 bits per heavy atom. The number of pyridine rings is 2. The van der Waals surface area contributed by atoms with Crippen LogP contribution in [0.5, 0.6) is 5.88 Å². The van der Waals surface area contributed by atoms with Gasteiger partial charge < -0.3 is 20.5 Å². The van der Waals surface area contributed by atoms with Crippen molar-refractivity contribution < 1.29 is 23.0 Å². The second-order valence-corrected chi connectivity index (χ2v) is 8.72. The summed E-state index contributed by atoms with van der Waals surface area (Å²) in [6, 6.07) is 3.18. The van der Waals surface area contributed by atoms with Crippen molar-refractivity contribution in [3.63, 3.8) is 0 Å². The fourth-order valence-corrected chi connectivity index (χ4v) is 4.40. The average Bonchev–Trinajstić information content (AvgIpc) is 2.80. The van der Waals surface area contributed by atoms with Crippen molar-refractivity contribution >= 4 is 34.1 Å². The number of carbonyl (C=O) groups is 1. The average molecular weight is 470 g/mol. The topological polar surface area (TPSA) is 115 Å². The van der Waals surface area contributed by atoms with Crippen LogP contribution in [0.3, 0.4) is 0 Å². The number of rotatable bonds is 4. The quantitative estimate of drug-likeness (QED) is 0.498. The number of benzene rings is 1. The summed E-state index contributed by atoms with van der Waals surface area (Å²) >= 11 is 0. The highest BCUT2D eigenvalue weighted by atomic mass is 19.1. The maximum absolute atomic E-state index is 15.3. The van der Waals surface area contributed by atoms with E-state index >= 15 is 4.39 Å². The van der Waals surface area contributed by atoms with Crippen LogP contribution < -0.4 is 21.1 Å². The minimum absolute atomic E-state index is 0.0658. The number of aromatic nitrogens is 2. The van der Waals surface area contributed by atoms with Gasteiger partial charge in [-0.2, -0.15) is 0 Å². The summed E-state index contributed by atoms with van der Waals surface area (Å²) in [5.41, 5.74) is 6.80. The summed E-state index contributed by atoms with van der Waals surface area (Å²) in [5, 5.41) is 6.67. The highest BCUT2D eigenvalue weighted by molar-refractivity contribution is 5.99. The highest BCUT2D eigenvalue weighted by Gasteiger charge is 2.42. The van der Waals surface area contributed by atoms with Gasteiger partial charge in [-0.1, -0.05) is 0 Å². The molecule has 0 saturated carbocycles. The van der Waals surface area contributed by atoms with Gasteiger partial charge in [0.1, 0.15) is 24.7 Å². The maximum atomic E-state index is 15.3. The van der Waals surface area contributed by atoms with E-state index in [0.717, 1.165) is 5.56 Å². The molecular weight excluding hydrogens is 446 g/mol. The number of alkyl halides is 1. The molecule has 11 heteroatoms. The Labute approximate surface area is 194 Å². The zero-order valence-electron chi connectivity index (χ0n) is 18.7. The molecule has 0 aliphatic carbocycles. The molecule has 0 radical (unpaired) electrons. The number of nitrogens with zero attached hydrogens (tertiary/aromatic N) is 3. The molecule has 1 saturated heterocycles. The van der Waals surface area contributed by atoms with Gasteiger partial charge >= 0.3 is 6.09 Å². The number of amides is 1. The molecule has 0 unspecified atom stereocenters. The lowest BCUT2D eigenvalue weighted by Gasteiger charge is -2.41. The van der Waals surface area contributed by atoms with E-state index < -0.39 is 17.6 Å².